The molecule has 0 fully saturated rings. The Morgan fingerprint density at radius 1 is 1.12 bits per heavy atom. The summed E-state index contributed by atoms with van der Waals surface area (Å²) in [6, 6.07) is 13.4. The van der Waals surface area contributed by atoms with Crippen molar-refractivity contribution in [1.29, 1.82) is 0 Å². The molecule has 0 radical (unpaired) electrons. The lowest BCUT2D eigenvalue weighted by Crippen LogP contribution is -1.98. The van der Waals surface area contributed by atoms with Crippen LogP contribution in [0, 0.1) is 5.82 Å². The Hall–Kier alpha value is -2.79. The largest absolute Gasteiger partial charge is 0.478 e. The van der Waals surface area contributed by atoms with Crippen LogP contribution in [0.25, 0.3) is 21.0 Å². The van der Waals surface area contributed by atoms with Gasteiger partial charge in [0.2, 0.25) is 0 Å². The molecule has 2 heterocycles. The van der Waals surface area contributed by atoms with Gasteiger partial charge in [-0.05, 0) is 41.3 Å². The molecule has 118 valence electrons. The van der Waals surface area contributed by atoms with E-state index in [2.05, 4.69) is 4.98 Å². The average Bonchev–Trinajstić information content (AvgIpc) is 3.04. The van der Waals surface area contributed by atoms with Crippen molar-refractivity contribution in [2.75, 3.05) is 0 Å². The smallest absolute Gasteiger partial charge is 0.335 e. The number of thiophene rings is 1. The summed E-state index contributed by atoms with van der Waals surface area (Å²) in [4.78, 5) is 15.9. The molecule has 0 amide bonds. The minimum Gasteiger partial charge on any atom is -0.478 e. The van der Waals surface area contributed by atoms with Gasteiger partial charge < -0.3 is 5.11 Å². The number of carboxylic acids is 1. The van der Waals surface area contributed by atoms with Crippen molar-refractivity contribution in [3.63, 3.8) is 0 Å². The van der Waals surface area contributed by atoms with Gasteiger partial charge in [-0.25, -0.2) is 9.18 Å². The van der Waals surface area contributed by atoms with E-state index in [0.717, 1.165) is 26.7 Å². The first-order valence-electron chi connectivity index (χ1n) is 7.39. The summed E-state index contributed by atoms with van der Waals surface area (Å²) in [5.41, 5.74) is 2.52. The van der Waals surface area contributed by atoms with Crippen LogP contribution in [-0.2, 0) is 6.42 Å². The van der Waals surface area contributed by atoms with Crippen molar-refractivity contribution in [2.45, 2.75) is 6.42 Å². The molecule has 2 aromatic carbocycles. The highest BCUT2D eigenvalue weighted by Gasteiger charge is 2.12. The molecule has 0 saturated carbocycles. The molecular weight excluding hydrogens is 325 g/mol. The quantitative estimate of drug-likeness (QED) is 0.580. The third kappa shape index (κ3) is 2.53. The number of fused-ring (bicyclic) bond motifs is 3. The zero-order valence-electron chi connectivity index (χ0n) is 12.5. The fraction of sp³-hybridized carbons (Fsp3) is 0.0526. The molecule has 4 rings (SSSR count). The van der Waals surface area contributed by atoms with Crippen LogP contribution in [0.15, 0.2) is 53.9 Å². The monoisotopic (exact) mass is 337 g/mol. The van der Waals surface area contributed by atoms with Gasteiger partial charge in [0.15, 0.2) is 0 Å². The number of hydrogen-bond donors (Lipinski definition) is 1. The number of benzene rings is 2. The number of halogens is 1. The summed E-state index contributed by atoms with van der Waals surface area (Å²) >= 11 is 1.60. The van der Waals surface area contributed by atoms with Gasteiger partial charge in [-0.1, -0.05) is 18.2 Å². The van der Waals surface area contributed by atoms with E-state index >= 15 is 0 Å². The zero-order valence-corrected chi connectivity index (χ0v) is 13.3. The minimum absolute atomic E-state index is 0.211. The Morgan fingerprint density at radius 2 is 2.00 bits per heavy atom. The fourth-order valence-corrected chi connectivity index (χ4v) is 3.83. The fourth-order valence-electron chi connectivity index (χ4n) is 2.87. The Balaban J connectivity index is 1.92. The number of pyridine rings is 1. The van der Waals surface area contributed by atoms with Gasteiger partial charge in [-0.15, -0.1) is 11.3 Å². The van der Waals surface area contributed by atoms with E-state index in [0.29, 0.717) is 11.9 Å². The highest BCUT2D eigenvalue weighted by molar-refractivity contribution is 7.18. The molecule has 0 aliphatic carbocycles. The summed E-state index contributed by atoms with van der Waals surface area (Å²) < 4.78 is 14.5. The van der Waals surface area contributed by atoms with Crippen LogP contribution in [0.2, 0.25) is 0 Å². The Kier molecular flexibility index (Phi) is 3.50. The van der Waals surface area contributed by atoms with Gasteiger partial charge in [0.05, 0.1) is 16.8 Å². The van der Waals surface area contributed by atoms with Gasteiger partial charge in [-0.3, -0.25) is 4.98 Å². The predicted octanol–water partition coefficient (Wildman–Crippen LogP) is 4.88. The maximum absolute atomic E-state index is 13.4. The van der Waals surface area contributed by atoms with E-state index in [1.54, 1.807) is 35.6 Å². The predicted molar refractivity (Wildman–Crippen MR) is 93.3 cm³/mol. The number of carbonyl (C=O) groups is 1. The third-order valence-corrected chi connectivity index (χ3v) is 4.93. The lowest BCUT2D eigenvalue weighted by Gasteiger charge is -2.08. The normalized spacial score (nSPS) is 11.2. The average molecular weight is 337 g/mol. The van der Waals surface area contributed by atoms with Crippen molar-refractivity contribution >= 4 is 38.3 Å². The van der Waals surface area contributed by atoms with Gasteiger partial charge in [0, 0.05) is 21.9 Å². The lowest BCUT2D eigenvalue weighted by molar-refractivity contribution is 0.0697. The van der Waals surface area contributed by atoms with Crippen LogP contribution in [0.4, 0.5) is 4.39 Å². The van der Waals surface area contributed by atoms with Crippen LogP contribution in [0.5, 0.6) is 0 Å². The van der Waals surface area contributed by atoms with E-state index in [1.807, 2.05) is 17.5 Å². The molecule has 5 heteroatoms. The SMILES string of the molecule is O=C(O)c1ccc2c(c1)nc(Cc1cccc(F)c1)c1ccsc12. The molecule has 0 aliphatic heterocycles. The highest BCUT2D eigenvalue weighted by atomic mass is 32.1. The second-order valence-corrected chi connectivity index (χ2v) is 6.48. The summed E-state index contributed by atoms with van der Waals surface area (Å²) in [6.45, 7) is 0. The number of nitrogens with zero attached hydrogens (tertiary/aromatic N) is 1. The Bertz CT molecular complexity index is 1090. The molecule has 3 nitrogen and oxygen atoms in total. The van der Waals surface area contributed by atoms with Gasteiger partial charge >= 0.3 is 5.97 Å². The first kappa shape index (κ1) is 14.8. The van der Waals surface area contributed by atoms with Crippen LogP contribution in [0.3, 0.4) is 0 Å². The molecule has 0 spiro atoms. The molecule has 0 atom stereocenters. The lowest BCUT2D eigenvalue weighted by atomic mass is 10.0. The minimum atomic E-state index is -0.975. The molecule has 24 heavy (non-hydrogen) atoms. The zero-order chi connectivity index (χ0) is 16.7. The van der Waals surface area contributed by atoms with Crippen molar-refractivity contribution in [1.82, 2.24) is 4.98 Å². The van der Waals surface area contributed by atoms with Crippen LogP contribution >= 0.6 is 11.3 Å². The van der Waals surface area contributed by atoms with E-state index in [4.69, 9.17) is 0 Å². The van der Waals surface area contributed by atoms with Crippen molar-refractivity contribution in [3.8, 4) is 0 Å². The molecule has 4 aromatic rings. The van der Waals surface area contributed by atoms with Gasteiger partial charge in [-0.2, -0.15) is 0 Å². The van der Waals surface area contributed by atoms with E-state index in [-0.39, 0.29) is 11.4 Å². The molecule has 0 bridgehead atoms. The molecule has 0 saturated heterocycles. The molecule has 2 aromatic heterocycles. The standard InChI is InChI=1S/C19H12FNO2S/c20-13-3-1-2-11(8-13)9-16-15-6-7-24-18(15)14-5-4-12(19(22)23)10-17(14)21-16/h1-8,10H,9H2,(H,22,23). The summed E-state index contributed by atoms with van der Waals surface area (Å²) in [5.74, 6) is -1.25. The van der Waals surface area contributed by atoms with E-state index in [9.17, 15) is 14.3 Å². The summed E-state index contributed by atoms with van der Waals surface area (Å²) in [6.07, 6.45) is 0.498. The Labute approximate surface area is 141 Å². The second kappa shape index (κ2) is 5.69. The molecular formula is C19H12FNO2S. The molecule has 0 aliphatic rings. The van der Waals surface area contributed by atoms with Crippen molar-refractivity contribution in [2.24, 2.45) is 0 Å². The van der Waals surface area contributed by atoms with Gasteiger partial charge in [0.1, 0.15) is 5.82 Å². The van der Waals surface area contributed by atoms with Crippen molar-refractivity contribution < 1.29 is 14.3 Å². The number of carboxylic acid groups (broad SMARTS) is 1. The first-order valence-corrected chi connectivity index (χ1v) is 8.27. The number of rotatable bonds is 3. The second-order valence-electron chi connectivity index (χ2n) is 5.57. The summed E-state index contributed by atoms with van der Waals surface area (Å²) in [5, 5.41) is 13.1. The maximum atomic E-state index is 13.4. The van der Waals surface area contributed by atoms with Crippen LogP contribution in [-0.4, -0.2) is 16.1 Å². The number of hydrogen-bond acceptors (Lipinski definition) is 3. The van der Waals surface area contributed by atoms with Crippen LogP contribution < -0.4 is 0 Å². The number of aromatic carboxylic acids is 1. The molecule has 0 unspecified atom stereocenters. The maximum Gasteiger partial charge on any atom is 0.335 e. The van der Waals surface area contributed by atoms with Crippen LogP contribution in [0.1, 0.15) is 21.6 Å². The highest BCUT2D eigenvalue weighted by Crippen LogP contribution is 2.32. The topological polar surface area (TPSA) is 50.2 Å². The Morgan fingerprint density at radius 3 is 2.79 bits per heavy atom. The van der Waals surface area contributed by atoms with E-state index in [1.165, 1.54) is 12.1 Å². The summed E-state index contributed by atoms with van der Waals surface area (Å²) in [7, 11) is 0. The first-order chi connectivity index (χ1) is 11.6. The third-order valence-electron chi connectivity index (χ3n) is 3.98. The number of aromatic nitrogens is 1. The van der Waals surface area contributed by atoms with Gasteiger partial charge in [0.25, 0.3) is 0 Å². The van der Waals surface area contributed by atoms with E-state index < -0.39 is 5.97 Å². The molecule has 1 N–H and O–H groups in total. The van der Waals surface area contributed by atoms with Crippen molar-refractivity contribution in [3.05, 3.63) is 76.5 Å².